The Hall–Kier alpha value is -1.92. The van der Waals surface area contributed by atoms with Crippen molar-refractivity contribution in [1.29, 1.82) is 0 Å². The lowest BCUT2D eigenvalue weighted by atomic mass is 10.1. The predicted molar refractivity (Wildman–Crippen MR) is 79.6 cm³/mol. The van der Waals surface area contributed by atoms with Crippen molar-refractivity contribution in [2.24, 2.45) is 5.92 Å². The van der Waals surface area contributed by atoms with Crippen LogP contribution in [0.15, 0.2) is 24.3 Å². The fraction of sp³-hybridized carbons (Fsp3) is 0.467. The van der Waals surface area contributed by atoms with Gasteiger partial charge in [0.25, 0.3) is 0 Å². The number of rotatable bonds is 5. The molecule has 0 saturated carbocycles. The molecule has 6 nitrogen and oxygen atoms in total. The van der Waals surface area contributed by atoms with Crippen molar-refractivity contribution < 1.29 is 9.90 Å². The highest BCUT2D eigenvalue weighted by Crippen LogP contribution is 2.18. The first-order chi connectivity index (χ1) is 10.2. The number of aromatic nitrogens is 2. The van der Waals surface area contributed by atoms with Crippen LogP contribution >= 0.6 is 0 Å². The molecule has 1 fully saturated rings. The van der Waals surface area contributed by atoms with Crippen molar-refractivity contribution >= 4 is 16.9 Å². The number of nitrogens with one attached hydrogen (secondary N) is 2. The van der Waals surface area contributed by atoms with Crippen molar-refractivity contribution in [3.63, 3.8) is 0 Å². The van der Waals surface area contributed by atoms with E-state index in [0.717, 1.165) is 42.9 Å². The molecule has 1 aliphatic heterocycles. The van der Waals surface area contributed by atoms with E-state index in [-0.39, 0.29) is 5.91 Å². The van der Waals surface area contributed by atoms with E-state index < -0.39 is 6.61 Å². The standard InChI is InChI=1S/C15H20N4O2/c20-10-15(21)16-7-11-5-6-19(8-11)9-14-17-12-3-1-2-4-13(12)18-14/h1-4,11,20H,5-10H2,(H,16,21)(H,17,18)/t11-/m0/s1. The molecule has 1 atom stereocenters. The van der Waals surface area contributed by atoms with Gasteiger partial charge < -0.3 is 15.4 Å². The summed E-state index contributed by atoms with van der Waals surface area (Å²) in [7, 11) is 0. The summed E-state index contributed by atoms with van der Waals surface area (Å²) >= 11 is 0. The molecule has 21 heavy (non-hydrogen) atoms. The molecule has 0 bridgehead atoms. The highest BCUT2D eigenvalue weighted by Gasteiger charge is 2.23. The SMILES string of the molecule is O=C(CO)NC[C@@H]1CCN(Cc2nc3ccccc3[nH]2)C1. The summed E-state index contributed by atoms with van der Waals surface area (Å²) in [5.74, 6) is 1.13. The maximum atomic E-state index is 11.1. The van der Waals surface area contributed by atoms with Crippen LogP contribution in [-0.2, 0) is 11.3 Å². The first kappa shape index (κ1) is 14.0. The summed E-state index contributed by atoms with van der Waals surface area (Å²) in [6.45, 7) is 2.96. The van der Waals surface area contributed by atoms with E-state index in [0.29, 0.717) is 12.5 Å². The highest BCUT2D eigenvalue weighted by atomic mass is 16.3. The van der Waals surface area contributed by atoms with Crippen LogP contribution in [0, 0.1) is 5.92 Å². The molecule has 6 heteroatoms. The van der Waals surface area contributed by atoms with Gasteiger partial charge in [-0.15, -0.1) is 0 Å². The Labute approximate surface area is 123 Å². The first-order valence-electron chi connectivity index (χ1n) is 7.28. The number of aliphatic hydroxyl groups excluding tert-OH is 1. The summed E-state index contributed by atoms with van der Waals surface area (Å²) in [6.07, 6.45) is 1.06. The second-order valence-electron chi connectivity index (χ2n) is 5.55. The number of aromatic amines is 1. The topological polar surface area (TPSA) is 81.2 Å². The van der Waals surface area contributed by atoms with Crippen molar-refractivity contribution in [2.75, 3.05) is 26.2 Å². The monoisotopic (exact) mass is 288 g/mol. The van der Waals surface area contributed by atoms with E-state index in [1.165, 1.54) is 0 Å². The molecule has 1 amide bonds. The normalized spacial score (nSPS) is 19.2. The van der Waals surface area contributed by atoms with Crippen LogP contribution < -0.4 is 5.32 Å². The van der Waals surface area contributed by atoms with E-state index in [1.54, 1.807) is 0 Å². The van der Waals surface area contributed by atoms with Gasteiger partial charge in [0.05, 0.1) is 17.6 Å². The van der Waals surface area contributed by atoms with Gasteiger partial charge in [-0.05, 0) is 31.0 Å². The van der Waals surface area contributed by atoms with Crippen LogP contribution in [0.2, 0.25) is 0 Å². The number of fused-ring (bicyclic) bond motifs is 1. The number of carbonyl (C=O) groups is 1. The molecule has 2 aromatic rings. The summed E-state index contributed by atoms with van der Waals surface area (Å²) in [6, 6.07) is 8.03. The third kappa shape index (κ3) is 3.40. The van der Waals surface area contributed by atoms with Gasteiger partial charge in [0.15, 0.2) is 0 Å². The maximum absolute atomic E-state index is 11.1. The molecular formula is C15H20N4O2. The van der Waals surface area contributed by atoms with Crippen LogP contribution in [0.1, 0.15) is 12.2 Å². The molecule has 1 saturated heterocycles. The number of amides is 1. The highest BCUT2D eigenvalue weighted by molar-refractivity contribution is 5.76. The largest absolute Gasteiger partial charge is 0.387 e. The quantitative estimate of drug-likeness (QED) is 0.748. The molecule has 0 unspecified atom stereocenters. The molecular weight excluding hydrogens is 268 g/mol. The van der Waals surface area contributed by atoms with Crippen molar-refractivity contribution in [1.82, 2.24) is 20.2 Å². The van der Waals surface area contributed by atoms with Crippen LogP contribution in [0.4, 0.5) is 0 Å². The number of carbonyl (C=O) groups excluding carboxylic acids is 1. The zero-order valence-corrected chi connectivity index (χ0v) is 11.9. The number of likely N-dealkylation sites (tertiary alicyclic amines) is 1. The molecule has 1 aliphatic rings. The molecule has 0 aliphatic carbocycles. The summed E-state index contributed by atoms with van der Waals surface area (Å²) < 4.78 is 0. The zero-order valence-electron chi connectivity index (χ0n) is 11.9. The fourth-order valence-corrected chi connectivity index (χ4v) is 2.83. The lowest BCUT2D eigenvalue weighted by Gasteiger charge is -2.14. The molecule has 3 rings (SSSR count). The number of hydrogen-bond acceptors (Lipinski definition) is 4. The van der Waals surface area contributed by atoms with Gasteiger partial charge in [-0.25, -0.2) is 4.98 Å². The lowest BCUT2D eigenvalue weighted by Crippen LogP contribution is -2.32. The van der Waals surface area contributed by atoms with E-state index in [2.05, 4.69) is 20.2 Å². The summed E-state index contributed by atoms with van der Waals surface area (Å²) in [4.78, 5) is 21.3. The Balaban J connectivity index is 1.53. The Morgan fingerprint density at radius 1 is 1.48 bits per heavy atom. The number of imidazole rings is 1. The Bertz CT molecular complexity index is 592. The first-order valence-corrected chi connectivity index (χ1v) is 7.28. The number of benzene rings is 1. The van der Waals surface area contributed by atoms with Gasteiger partial charge in [-0.1, -0.05) is 12.1 Å². The van der Waals surface area contributed by atoms with Gasteiger partial charge in [-0.3, -0.25) is 9.69 Å². The summed E-state index contributed by atoms with van der Waals surface area (Å²) in [5, 5.41) is 11.4. The number of hydrogen-bond donors (Lipinski definition) is 3. The van der Waals surface area contributed by atoms with Crippen LogP contribution in [0.5, 0.6) is 0 Å². The van der Waals surface area contributed by atoms with Gasteiger partial charge in [0, 0.05) is 13.1 Å². The molecule has 1 aromatic heterocycles. The minimum atomic E-state index is -0.435. The molecule has 0 spiro atoms. The van der Waals surface area contributed by atoms with Gasteiger partial charge in [0.2, 0.25) is 5.91 Å². The van der Waals surface area contributed by atoms with Crippen molar-refractivity contribution in [2.45, 2.75) is 13.0 Å². The Morgan fingerprint density at radius 3 is 3.14 bits per heavy atom. The molecule has 2 heterocycles. The Morgan fingerprint density at radius 2 is 2.33 bits per heavy atom. The van der Waals surface area contributed by atoms with E-state index in [4.69, 9.17) is 5.11 Å². The number of aliphatic hydroxyl groups is 1. The number of H-pyrrole nitrogens is 1. The average Bonchev–Trinajstić information content (AvgIpc) is 3.10. The second kappa shape index (κ2) is 6.24. The number of para-hydroxylation sites is 2. The minimum Gasteiger partial charge on any atom is -0.387 e. The molecule has 3 N–H and O–H groups in total. The van der Waals surface area contributed by atoms with Crippen molar-refractivity contribution in [3.8, 4) is 0 Å². The van der Waals surface area contributed by atoms with Crippen LogP contribution in [0.3, 0.4) is 0 Å². The lowest BCUT2D eigenvalue weighted by molar-refractivity contribution is -0.123. The fourth-order valence-electron chi connectivity index (χ4n) is 2.83. The third-order valence-corrected chi connectivity index (χ3v) is 3.91. The predicted octanol–water partition coefficient (Wildman–Crippen LogP) is 0.493. The van der Waals surface area contributed by atoms with Gasteiger partial charge in [0.1, 0.15) is 12.4 Å². The molecule has 112 valence electrons. The van der Waals surface area contributed by atoms with E-state index >= 15 is 0 Å². The average molecular weight is 288 g/mol. The van der Waals surface area contributed by atoms with E-state index in [9.17, 15) is 4.79 Å². The number of nitrogens with zero attached hydrogens (tertiary/aromatic N) is 2. The van der Waals surface area contributed by atoms with Crippen LogP contribution in [-0.4, -0.2) is 52.1 Å². The summed E-state index contributed by atoms with van der Waals surface area (Å²) in [5.41, 5.74) is 2.07. The van der Waals surface area contributed by atoms with Crippen molar-refractivity contribution in [3.05, 3.63) is 30.1 Å². The molecule has 1 aromatic carbocycles. The second-order valence-corrected chi connectivity index (χ2v) is 5.55. The van der Waals surface area contributed by atoms with Gasteiger partial charge in [-0.2, -0.15) is 0 Å². The molecule has 0 radical (unpaired) electrons. The smallest absolute Gasteiger partial charge is 0.245 e. The zero-order chi connectivity index (χ0) is 14.7. The third-order valence-electron chi connectivity index (χ3n) is 3.91. The Kier molecular flexibility index (Phi) is 4.17. The maximum Gasteiger partial charge on any atom is 0.245 e. The minimum absolute atomic E-state index is 0.300. The van der Waals surface area contributed by atoms with Crippen LogP contribution in [0.25, 0.3) is 11.0 Å². The van der Waals surface area contributed by atoms with E-state index in [1.807, 2.05) is 24.3 Å². The van der Waals surface area contributed by atoms with Gasteiger partial charge >= 0.3 is 0 Å².